The Morgan fingerprint density at radius 1 is 1.32 bits per heavy atom. The number of hydrazone groups is 1. The van der Waals surface area contributed by atoms with Crippen molar-refractivity contribution in [2.45, 2.75) is 32.7 Å². The smallest absolute Gasteiger partial charge is 0.144 e. The van der Waals surface area contributed by atoms with Crippen molar-refractivity contribution in [1.82, 2.24) is 5.43 Å². The highest BCUT2D eigenvalue weighted by atomic mass is 35.5. The number of benzene rings is 1. The fourth-order valence-electron chi connectivity index (χ4n) is 3.14. The van der Waals surface area contributed by atoms with Crippen LogP contribution in [0.3, 0.4) is 0 Å². The van der Waals surface area contributed by atoms with Crippen LogP contribution in [-0.4, -0.2) is 17.5 Å². The minimum Gasteiger partial charge on any atom is -0.306 e. The molecule has 1 fully saturated rings. The van der Waals surface area contributed by atoms with Gasteiger partial charge in [0.05, 0.1) is 17.7 Å². The summed E-state index contributed by atoms with van der Waals surface area (Å²) >= 11 is 5.90. The fourth-order valence-corrected chi connectivity index (χ4v) is 3.27. The lowest BCUT2D eigenvalue weighted by atomic mass is 9.68. The summed E-state index contributed by atoms with van der Waals surface area (Å²) in [5, 5.41) is 5.10. The number of hydrogen-bond acceptors (Lipinski definition) is 3. The molecule has 0 aromatic heterocycles. The Morgan fingerprint density at radius 3 is 2.68 bits per heavy atom. The molecule has 0 bridgehead atoms. The molecule has 0 unspecified atom stereocenters. The first-order chi connectivity index (χ1) is 8.96. The Balaban J connectivity index is 1.90. The molecule has 1 aromatic rings. The van der Waals surface area contributed by atoms with Gasteiger partial charge in [0.25, 0.3) is 0 Å². The average molecular weight is 277 g/mol. The van der Waals surface area contributed by atoms with Crippen molar-refractivity contribution in [1.29, 1.82) is 0 Å². The number of ketones is 1. The molecular formula is C15H17ClN2O. The van der Waals surface area contributed by atoms with Crippen LogP contribution in [-0.2, 0) is 4.79 Å². The maximum atomic E-state index is 12.4. The van der Waals surface area contributed by atoms with E-state index < -0.39 is 0 Å². The van der Waals surface area contributed by atoms with Crippen molar-refractivity contribution < 1.29 is 4.79 Å². The van der Waals surface area contributed by atoms with E-state index in [-0.39, 0.29) is 17.4 Å². The molecule has 0 saturated heterocycles. The minimum absolute atomic E-state index is 0.0657. The van der Waals surface area contributed by atoms with Gasteiger partial charge in [0.1, 0.15) is 5.78 Å². The van der Waals surface area contributed by atoms with Crippen LogP contribution in [0.2, 0.25) is 5.02 Å². The normalized spacial score (nSPS) is 28.6. The summed E-state index contributed by atoms with van der Waals surface area (Å²) in [5.74, 6) is 0.189. The zero-order chi connectivity index (χ0) is 13.6. The molecule has 100 valence electrons. The van der Waals surface area contributed by atoms with E-state index in [1.165, 1.54) is 0 Å². The minimum atomic E-state index is -0.103. The van der Waals surface area contributed by atoms with Gasteiger partial charge in [0.15, 0.2) is 0 Å². The van der Waals surface area contributed by atoms with E-state index >= 15 is 0 Å². The van der Waals surface area contributed by atoms with E-state index in [4.69, 9.17) is 11.6 Å². The molecule has 1 aliphatic carbocycles. The largest absolute Gasteiger partial charge is 0.306 e. The van der Waals surface area contributed by atoms with Crippen LogP contribution in [0.4, 0.5) is 0 Å². The molecule has 0 amide bonds. The number of nitrogens with one attached hydrogen (secondary N) is 1. The predicted octanol–water partition coefficient (Wildman–Crippen LogP) is 3.02. The zero-order valence-electron chi connectivity index (χ0n) is 11.1. The summed E-state index contributed by atoms with van der Waals surface area (Å²) in [5.41, 5.74) is 5.05. The van der Waals surface area contributed by atoms with Gasteiger partial charge in [0, 0.05) is 11.4 Å². The SMILES string of the molecule is CC1(C)CC(=O)[C@H]2C(c3ccc(Cl)cc3)=NN[C@@H]2C1. The van der Waals surface area contributed by atoms with Crippen LogP contribution in [0.5, 0.6) is 0 Å². The van der Waals surface area contributed by atoms with Crippen LogP contribution < -0.4 is 5.43 Å². The van der Waals surface area contributed by atoms with Gasteiger partial charge in [-0.2, -0.15) is 5.10 Å². The molecule has 3 rings (SSSR count). The molecule has 3 nitrogen and oxygen atoms in total. The van der Waals surface area contributed by atoms with Crippen molar-refractivity contribution in [3.05, 3.63) is 34.9 Å². The maximum Gasteiger partial charge on any atom is 0.144 e. The number of rotatable bonds is 1. The summed E-state index contributed by atoms with van der Waals surface area (Å²) in [6.45, 7) is 4.28. The monoisotopic (exact) mass is 276 g/mol. The Hall–Kier alpha value is -1.35. The Morgan fingerprint density at radius 2 is 2.00 bits per heavy atom. The van der Waals surface area contributed by atoms with Crippen LogP contribution in [0.1, 0.15) is 32.3 Å². The van der Waals surface area contributed by atoms with E-state index in [1.54, 1.807) is 0 Å². The number of hydrogen-bond donors (Lipinski definition) is 1. The molecule has 0 spiro atoms. The lowest BCUT2D eigenvalue weighted by Crippen LogP contribution is -2.45. The van der Waals surface area contributed by atoms with Crippen molar-refractivity contribution in [3.8, 4) is 0 Å². The molecule has 1 N–H and O–H groups in total. The second-order valence-electron chi connectivity index (χ2n) is 6.23. The Kier molecular flexibility index (Phi) is 2.90. The van der Waals surface area contributed by atoms with Gasteiger partial charge in [-0.05, 0) is 29.5 Å². The maximum absolute atomic E-state index is 12.4. The summed E-state index contributed by atoms with van der Waals surface area (Å²) in [7, 11) is 0. The van der Waals surface area contributed by atoms with Gasteiger partial charge in [-0.3, -0.25) is 4.79 Å². The standard InChI is InChI=1S/C15H17ClN2O/c1-15(2)7-11-13(12(19)8-15)14(18-17-11)9-3-5-10(16)6-4-9/h3-6,11,13,17H,7-8H2,1-2H3/t11-,13+/m1/s1. The van der Waals surface area contributed by atoms with Crippen molar-refractivity contribution in [2.24, 2.45) is 16.4 Å². The molecule has 2 atom stereocenters. The number of Topliss-reactive ketones (excluding diaryl/α,β-unsaturated/α-hetero) is 1. The molecule has 1 heterocycles. The van der Waals surface area contributed by atoms with E-state index in [9.17, 15) is 4.79 Å². The second-order valence-corrected chi connectivity index (χ2v) is 6.67. The third-order valence-corrected chi connectivity index (χ3v) is 4.21. The number of fused-ring (bicyclic) bond motifs is 1. The topological polar surface area (TPSA) is 41.5 Å². The first kappa shape index (κ1) is 12.7. The summed E-state index contributed by atoms with van der Waals surface area (Å²) in [4.78, 5) is 12.4. The summed E-state index contributed by atoms with van der Waals surface area (Å²) in [6, 6.07) is 7.67. The molecule has 1 aliphatic heterocycles. The van der Waals surface area contributed by atoms with Gasteiger partial charge in [-0.25, -0.2) is 0 Å². The molecule has 4 heteroatoms. The fraction of sp³-hybridized carbons (Fsp3) is 0.467. The molecule has 1 saturated carbocycles. The van der Waals surface area contributed by atoms with Crippen molar-refractivity contribution in [3.63, 3.8) is 0 Å². The quantitative estimate of drug-likeness (QED) is 0.857. The van der Waals surface area contributed by atoms with Gasteiger partial charge >= 0.3 is 0 Å². The highest BCUT2D eigenvalue weighted by Crippen LogP contribution is 2.39. The molecule has 0 radical (unpaired) electrons. The van der Waals surface area contributed by atoms with E-state index in [2.05, 4.69) is 24.4 Å². The number of carbonyl (C=O) groups is 1. The first-order valence-corrected chi connectivity index (χ1v) is 6.96. The van der Waals surface area contributed by atoms with E-state index in [1.807, 2.05) is 24.3 Å². The van der Waals surface area contributed by atoms with Gasteiger partial charge < -0.3 is 5.43 Å². The average Bonchev–Trinajstić information content (AvgIpc) is 2.72. The first-order valence-electron chi connectivity index (χ1n) is 6.58. The van der Waals surface area contributed by atoms with Crippen molar-refractivity contribution >= 4 is 23.1 Å². The Labute approximate surface area is 118 Å². The lowest BCUT2D eigenvalue weighted by Gasteiger charge is -2.36. The Bertz CT molecular complexity index is 548. The van der Waals surface area contributed by atoms with Crippen LogP contribution in [0.15, 0.2) is 29.4 Å². The molecule has 1 aromatic carbocycles. The third-order valence-electron chi connectivity index (χ3n) is 3.96. The number of halogens is 1. The van der Waals surface area contributed by atoms with Gasteiger partial charge in [-0.1, -0.05) is 37.6 Å². The highest BCUT2D eigenvalue weighted by Gasteiger charge is 2.46. The summed E-state index contributed by atoms with van der Waals surface area (Å²) in [6.07, 6.45) is 1.60. The molecule has 2 aliphatic rings. The molecule has 19 heavy (non-hydrogen) atoms. The van der Waals surface area contributed by atoms with Crippen LogP contribution >= 0.6 is 11.6 Å². The predicted molar refractivity (Wildman–Crippen MR) is 76.4 cm³/mol. The van der Waals surface area contributed by atoms with Gasteiger partial charge in [0.2, 0.25) is 0 Å². The summed E-state index contributed by atoms with van der Waals surface area (Å²) < 4.78 is 0. The zero-order valence-corrected chi connectivity index (χ0v) is 11.9. The highest BCUT2D eigenvalue weighted by molar-refractivity contribution is 6.30. The second kappa shape index (κ2) is 4.34. The van der Waals surface area contributed by atoms with Gasteiger partial charge in [-0.15, -0.1) is 0 Å². The number of nitrogens with zero attached hydrogens (tertiary/aromatic N) is 1. The van der Waals surface area contributed by atoms with E-state index in [0.717, 1.165) is 17.7 Å². The third kappa shape index (κ3) is 2.27. The van der Waals surface area contributed by atoms with E-state index in [0.29, 0.717) is 17.2 Å². The number of carbonyl (C=O) groups excluding carboxylic acids is 1. The van der Waals surface area contributed by atoms with Crippen LogP contribution in [0.25, 0.3) is 0 Å². The van der Waals surface area contributed by atoms with Crippen molar-refractivity contribution in [2.75, 3.05) is 0 Å². The van der Waals surface area contributed by atoms with Crippen LogP contribution in [0, 0.1) is 11.3 Å². The lowest BCUT2D eigenvalue weighted by molar-refractivity contribution is -0.126. The molecular weight excluding hydrogens is 260 g/mol.